The molecule has 2 rings (SSSR count). The molecular weight excluding hydrogens is 226 g/mol. The zero-order chi connectivity index (χ0) is 13.3. The van der Waals surface area contributed by atoms with Gasteiger partial charge < -0.3 is 5.21 Å². The predicted molar refractivity (Wildman–Crippen MR) is 71.3 cm³/mol. The maximum absolute atomic E-state index is 11.5. The van der Waals surface area contributed by atoms with Crippen molar-refractivity contribution in [3.63, 3.8) is 0 Å². The summed E-state index contributed by atoms with van der Waals surface area (Å²) < 4.78 is 0.728. The van der Waals surface area contributed by atoms with E-state index in [1.54, 1.807) is 0 Å². The molecule has 0 saturated carbocycles. The topological polar surface area (TPSA) is 42.2 Å². The molecule has 0 atom stereocenters. The monoisotopic (exact) mass is 243 g/mol. The Bertz CT molecular complexity index is 641. The van der Waals surface area contributed by atoms with Crippen molar-refractivity contribution in [1.29, 1.82) is 0 Å². The Morgan fingerprint density at radius 3 is 2.44 bits per heavy atom. The zero-order valence-electron chi connectivity index (χ0n) is 10.9. The molecule has 1 aromatic heterocycles. The number of hydrogen-bond donors (Lipinski definition) is 1. The molecule has 0 fully saturated rings. The SMILES string of the molecule is Cc1ccc(Cc2cc(C)cc(=O)n2O)c(C)c1. The number of aryl methyl sites for hydroxylation is 3. The first-order valence-corrected chi connectivity index (χ1v) is 5.95. The summed E-state index contributed by atoms with van der Waals surface area (Å²) in [6, 6.07) is 9.44. The van der Waals surface area contributed by atoms with E-state index in [1.165, 1.54) is 17.2 Å². The molecule has 1 aromatic carbocycles. The van der Waals surface area contributed by atoms with Crippen LogP contribution in [0.15, 0.2) is 35.1 Å². The van der Waals surface area contributed by atoms with Crippen LogP contribution in [0.4, 0.5) is 0 Å². The van der Waals surface area contributed by atoms with Crippen LogP contribution in [0.3, 0.4) is 0 Å². The summed E-state index contributed by atoms with van der Waals surface area (Å²) in [7, 11) is 0. The largest absolute Gasteiger partial charge is 0.425 e. The average molecular weight is 243 g/mol. The minimum absolute atomic E-state index is 0.380. The van der Waals surface area contributed by atoms with Gasteiger partial charge in [0.1, 0.15) is 0 Å². The molecule has 18 heavy (non-hydrogen) atoms. The lowest BCUT2D eigenvalue weighted by Gasteiger charge is -2.10. The van der Waals surface area contributed by atoms with Crippen molar-refractivity contribution >= 4 is 0 Å². The van der Waals surface area contributed by atoms with E-state index in [1.807, 2.05) is 39.0 Å². The van der Waals surface area contributed by atoms with E-state index in [-0.39, 0.29) is 5.56 Å². The summed E-state index contributed by atoms with van der Waals surface area (Å²) >= 11 is 0. The van der Waals surface area contributed by atoms with E-state index in [0.717, 1.165) is 15.9 Å². The van der Waals surface area contributed by atoms with Crippen LogP contribution in [0.2, 0.25) is 0 Å². The maximum Gasteiger partial charge on any atom is 0.283 e. The number of aromatic nitrogens is 1. The predicted octanol–water partition coefficient (Wildman–Crippen LogP) is 2.60. The Balaban J connectivity index is 2.43. The van der Waals surface area contributed by atoms with Crippen molar-refractivity contribution < 1.29 is 5.21 Å². The normalized spacial score (nSPS) is 10.6. The Hall–Kier alpha value is -2.03. The highest BCUT2D eigenvalue weighted by atomic mass is 16.5. The van der Waals surface area contributed by atoms with Crippen LogP contribution in [0, 0.1) is 20.8 Å². The average Bonchev–Trinajstić information content (AvgIpc) is 2.29. The molecule has 0 spiro atoms. The Labute approximate surface area is 106 Å². The minimum Gasteiger partial charge on any atom is -0.425 e. The lowest BCUT2D eigenvalue weighted by molar-refractivity contribution is 0.166. The Kier molecular flexibility index (Phi) is 3.24. The smallest absolute Gasteiger partial charge is 0.283 e. The number of hydrogen-bond acceptors (Lipinski definition) is 2. The first-order chi connectivity index (χ1) is 8.47. The molecule has 0 aliphatic heterocycles. The van der Waals surface area contributed by atoms with Crippen LogP contribution in [0.5, 0.6) is 0 Å². The van der Waals surface area contributed by atoms with E-state index in [9.17, 15) is 10.0 Å². The Morgan fingerprint density at radius 2 is 1.78 bits per heavy atom. The van der Waals surface area contributed by atoms with Crippen LogP contribution < -0.4 is 5.56 Å². The second-order valence-electron chi connectivity index (χ2n) is 4.78. The highest BCUT2D eigenvalue weighted by Crippen LogP contribution is 2.15. The first kappa shape index (κ1) is 12.4. The van der Waals surface area contributed by atoms with E-state index in [0.29, 0.717) is 12.1 Å². The second-order valence-corrected chi connectivity index (χ2v) is 4.78. The minimum atomic E-state index is -0.380. The molecule has 0 aliphatic carbocycles. The van der Waals surface area contributed by atoms with Crippen LogP contribution in [0.25, 0.3) is 0 Å². The van der Waals surface area contributed by atoms with Gasteiger partial charge in [0, 0.05) is 12.5 Å². The summed E-state index contributed by atoms with van der Waals surface area (Å²) in [6.45, 7) is 5.94. The van der Waals surface area contributed by atoms with Crippen molar-refractivity contribution in [2.75, 3.05) is 0 Å². The third-order valence-corrected chi connectivity index (χ3v) is 3.10. The van der Waals surface area contributed by atoms with Crippen LogP contribution in [-0.4, -0.2) is 9.94 Å². The molecular formula is C15H17NO2. The van der Waals surface area contributed by atoms with Crippen molar-refractivity contribution in [3.8, 4) is 0 Å². The molecule has 1 heterocycles. The number of pyridine rings is 1. The van der Waals surface area contributed by atoms with Crippen molar-refractivity contribution in [2.24, 2.45) is 0 Å². The first-order valence-electron chi connectivity index (χ1n) is 5.95. The van der Waals surface area contributed by atoms with Gasteiger partial charge in [-0.25, -0.2) is 0 Å². The summed E-state index contributed by atoms with van der Waals surface area (Å²) in [5.41, 5.74) is 4.60. The number of benzene rings is 1. The fourth-order valence-electron chi connectivity index (χ4n) is 2.13. The molecule has 0 aliphatic rings. The molecule has 3 heteroatoms. The van der Waals surface area contributed by atoms with Crippen molar-refractivity contribution in [3.05, 3.63) is 68.6 Å². The van der Waals surface area contributed by atoms with Gasteiger partial charge in [0.05, 0.1) is 5.69 Å². The quantitative estimate of drug-likeness (QED) is 0.824. The Morgan fingerprint density at radius 1 is 1.06 bits per heavy atom. The molecule has 0 bridgehead atoms. The number of rotatable bonds is 2. The summed E-state index contributed by atoms with van der Waals surface area (Å²) in [6.07, 6.45) is 0.555. The van der Waals surface area contributed by atoms with E-state index >= 15 is 0 Å². The lowest BCUT2D eigenvalue weighted by Crippen LogP contribution is -2.21. The fraction of sp³-hybridized carbons (Fsp3) is 0.267. The van der Waals surface area contributed by atoms with Gasteiger partial charge in [0.25, 0.3) is 5.56 Å². The van der Waals surface area contributed by atoms with Gasteiger partial charge >= 0.3 is 0 Å². The number of nitrogens with zero attached hydrogens (tertiary/aromatic N) is 1. The summed E-state index contributed by atoms with van der Waals surface area (Å²) in [4.78, 5) is 11.5. The molecule has 0 radical (unpaired) electrons. The highest BCUT2D eigenvalue weighted by molar-refractivity contribution is 5.33. The molecule has 0 unspecified atom stereocenters. The van der Waals surface area contributed by atoms with Gasteiger partial charge in [-0.1, -0.05) is 23.8 Å². The lowest BCUT2D eigenvalue weighted by atomic mass is 10.0. The highest BCUT2D eigenvalue weighted by Gasteiger charge is 2.07. The van der Waals surface area contributed by atoms with Gasteiger partial charge in [-0.05, 0) is 43.5 Å². The van der Waals surface area contributed by atoms with Crippen molar-refractivity contribution in [2.45, 2.75) is 27.2 Å². The van der Waals surface area contributed by atoms with Crippen LogP contribution >= 0.6 is 0 Å². The van der Waals surface area contributed by atoms with E-state index in [2.05, 4.69) is 6.07 Å². The molecule has 0 amide bonds. The second kappa shape index (κ2) is 4.69. The standard InChI is InChI=1S/C15H17NO2/c1-10-4-5-13(12(3)6-10)9-14-7-11(2)8-15(17)16(14)18/h4-8,18H,9H2,1-3H3. The molecule has 1 N–H and O–H groups in total. The van der Waals surface area contributed by atoms with E-state index < -0.39 is 0 Å². The van der Waals surface area contributed by atoms with Crippen molar-refractivity contribution in [1.82, 2.24) is 4.73 Å². The summed E-state index contributed by atoms with van der Waals surface area (Å²) in [5, 5.41) is 9.73. The third kappa shape index (κ3) is 2.45. The maximum atomic E-state index is 11.5. The fourth-order valence-corrected chi connectivity index (χ4v) is 2.13. The van der Waals surface area contributed by atoms with Gasteiger partial charge in [0.2, 0.25) is 0 Å². The third-order valence-electron chi connectivity index (χ3n) is 3.10. The van der Waals surface area contributed by atoms with Gasteiger partial charge in [0.15, 0.2) is 0 Å². The molecule has 0 saturated heterocycles. The van der Waals surface area contributed by atoms with Crippen LogP contribution in [0.1, 0.15) is 27.9 Å². The molecule has 94 valence electrons. The van der Waals surface area contributed by atoms with E-state index in [4.69, 9.17) is 0 Å². The van der Waals surface area contributed by atoms with Gasteiger partial charge in [-0.15, -0.1) is 0 Å². The van der Waals surface area contributed by atoms with Crippen LogP contribution in [-0.2, 0) is 6.42 Å². The van der Waals surface area contributed by atoms with Gasteiger partial charge in [-0.2, -0.15) is 4.73 Å². The summed E-state index contributed by atoms with van der Waals surface area (Å²) in [5.74, 6) is 0. The van der Waals surface area contributed by atoms with Gasteiger partial charge in [-0.3, -0.25) is 4.79 Å². The zero-order valence-corrected chi connectivity index (χ0v) is 10.9. The molecule has 3 nitrogen and oxygen atoms in total. The molecule has 2 aromatic rings.